The molecule has 2 nitrogen and oxygen atoms in total. The first-order valence-corrected chi connectivity index (χ1v) is 4.91. The molecule has 0 unspecified atom stereocenters. The number of aromatic nitrogens is 1. The van der Waals surface area contributed by atoms with Crippen molar-refractivity contribution in [2.45, 2.75) is 6.54 Å². The predicted molar refractivity (Wildman–Crippen MR) is 55.4 cm³/mol. The SMILES string of the molecule is NCc1ccc(-c2ccncc2)s1. The summed E-state index contributed by atoms with van der Waals surface area (Å²) in [6.07, 6.45) is 3.61. The van der Waals surface area contributed by atoms with Gasteiger partial charge in [0.05, 0.1) is 0 Å². The molecule has 13 heavy (non-hydrogen) atoms. The van der Waals surface area contributed by atoms with Crippen LogP contribution in [0.3, 0.4) is 0 Å². The van der Waals surface area contributed by atoms with Gasteiger partial charge in [0.15, 0.2) is 0 Å². The third-order valence-corrected chi connectivity index (χ3v) is 2.98. The number of hydrogen-bond acceptors (Lipinski definition) is 3. The molecule has 0 radical (unpaired) electrons. The molecule has 0 fully saturated rings. The van der Waals surface area contributed by atoms with E-state index in [4.69, 9.17) is 5.73 Å². The van der Waals surface area contributed by atoms with Crippen LogP contribution in [-0.4, -0.2) is 4.98 Å². The van der Waals surface area contributed by atoms with Crippen molar-refractivity contribution in [1.29, 1.82) is 0 Å². The molecule has 2 rings (SSSR count). The maximum absolute atomic E-state index is 5.54. The van der Waals surface area contributed by atoms with E-state index in [-0.39, 0.29) is 0 Å². The van der Waals surface area contributed by atoms with Gasteiger partial charge in [-0.15, -0.1) is 11.3 Å². The van der Waals surface area contributed by atoms with E-state index in [1.165, 1.54) is 15.3 Å². The maximum atomic E-state index is 5.54. The summed E-state index contributed by atoms with van der Waals surface area (Å²) in [7, 11) is 0. The average molecular weight is 190 g/mol. The van der Waals surface area contributed by atoms with E-state index in [1.54, 1.807) is 23.7 Å². The quantitative estimate of drug-likeness (QED) is 0.789. The summed E-state index contributed by atoms with van der Waals surface area (Å²) < 4.78 is 0. The van der Waals surface area contributed by atoms with E-state index in [0.717, 1.165) is 0 Å². The Morgan fingerprint density at radius 3 is 2.54 bits per heavy atom. The molecule has 0 aliphatic heterocycles. The largest absolute Gasteiger partial charge is 0.326 e. The summed E-state index contributed by atoms with van der Waals surface area (Å²) in [5.41, 5.74) is 6.75. The van der Waals surface area contributed by atoms with Crippen molar-refractivity contribution >= 4 is 11.3 Å². The van der Waals surface area contributed by atoms with Crippen molar-refractivity contribution in [1.82, 2.24) is 4.98 Å². The van der Waals surface area contributed by atoms with Gasteiger partial charge in [0.2, 0.25) is 0 Å². The highest BCUT2D eigenvalue weighted by Crippen LogP contribution is 2.26. The van der Waals surface area contributed by atoms with E-state index in [9.17, 15) is 0 Å². The van der Waals surface area contributed by atoms with Crippen LogP contribution in [0.4, 0.5) is 0 Å². The molecule has 0 spiro atoms. The van der Waals surface area contributed by atoms with Crippen LogP contribution >= 0.6 is 11.3 Å². The van der Waals surface area contributed by atoms with Crippen molar-refractivity contribution in [2.75, 3.05) is 0 Å². The monoisotopic (exact) mass is 190 g/mol. The summed E-state index contributed by atoms with van der Waals surface area (Å²) in [5, 5.41) is 0. The molecule has 2 aromatic rings. The lowest BCUT2D eigenvalue weighted by Crippen LogP contribution is -1.90. The number of hydrogen-bond donors (Lipinski definition) is 1. The topological polar surface area (TPSA) is 38.9 Å². The number of nitrogens with zero attached hydrogens (tertiary/aromatic N) is 1. The Hall–Kier alpha value is -1.19. The molecule has 0 saturated carbocycles. The molecule has 2 N–H and O–H groups in total. The van der Waals surface area contributed by atoms with Gasteiger partial charge >= 0.3 is 0 Å². The molecule has 0 aliphatic carbocycles. The molecule has 3 heteroatoms. The van der Waals surface area contributed by atoms with Gasteiger partial charge in [0.1, 0.15) is 0 Å². The zero-order valence-corrected chi connectivity index (χ0v) is 7.92. The number of rotatable bonds is 2. The standard InChI is InChI=1S/C10H10N2S/c11-7-9-1-2-10(13-9)8-3-5-12-6-4-8/h1-6H,7,11H2. The zero-order chi connectivity index (χ0) is 9.10. The molecule has 0 bridgehead atoms. The number of thiophene rings is 1. The third-order valence-electron chi connectivity index (χ3n) is 1.83. The van der Waals surface area contributed by atoms with Crippen LogP contribution in [0, 0.1) is 0 Å². The lowest BCUT2D eigenvalue weighted by molar-refractivity contribution is 1.11. The number of pyridine rings is 1. The van der Waals surface area contributed by atoms with Gasteiger partial charge in [-0.1, -0.05) is 0 Å². The third kappa shape index (κ3) is 1.76. The molecule has 0 saturated heterocycles. The summed E-state index contributed by atoms with van der Waals surface area (Å²) in [6.45, 7) is 0.621. The normalized spacial score (nSPS) is 10.2. The van der Waals surface area contributed by atoms with Crippen molar-refractivity contribution in [3.63, 3.8) is 0 Å². The lowest BCUT2D eigenvalue weighted by atomic mass is 10.2. The first-order chi connectivity index (χ1) is 6.40. The van der Waals surface area contributed by atoms with Crippen molar-refractivity contribution in [3.8, 4) is 10.4 Å². The molecule has 0 atom stereocenters. The molecule has 2 aromatic heterocycles. The second kappa shape index (κ2) is 3.68. The Morgan fingerprint density at radius 1 is 1.15 bits per heavy atom. The summed E-state index contributed by atoms with van der Waals surface area (Å²) in [6, 6.07) is 8.18. The Balaban J connectivity index is 2.36. The Morgan fingerprint density at radius 2 is 1.92 bits per heavy atom. The van der Waals surface area contributed by atoms with Crippen molar-refractivity contribution in [3.05, 3.63) is 41.5 Å². The Kier molecular flexibility index (Phi) is 2.38. The van der Waals surface area contributed by atoms with Crippen LogP contribution in [0.25, 0.3) is 10.4 Å². The van der Waals surface area contributed by atoms with Crippen LogP contribution < -0.4 is 5.73 Å². The van der Waals surface area contributed by atoms with Crippen LogP contribution in [0.15, 0.2) is 36.7 Å². The first kappa shape index (κ1) is 8.41. The zero-order valence-electron chi connectivity index (χ0n) is 7.10. The fourth-order valence-corrected chi connectivity index (χ4v) is 2.05. The molecule has 0 aromatic carbocycles. The fourth-order valence-electron chi connectivity index (χ4n) is 1.16. The van der Waals surface area contributed by atoms with E-state index in [0.29, 0.717) is 6.54 Å². The second-order valence-corrected chi connectivity index (χ2v) is 3.87. The molecule has 66 valence electrons. The summed E-state index contributed by atoms with van der Waals surface area (Å²) >= 11 is 1.73. The predicted octanol–water partition coefficient (Wildman–Crippen LogP) is 2.27. The number of nitrogens with two attached hydrogens (primary N) is 1. The van der Waals surface area contributed by atoms with Crippen LogP contribution in [0.1, 0.15) is 4.88 Å². The van der Waals surface area contributed by atoms with Crippen molar-refractivity contribution in [2.24, 2.45) is 5.73 Å². The van der Waals surface area contributed by atoms with Gasteiger partial charge in [-0.05, 0) is 29.8 Å². The average Bonchev–Trinajstić information content (AvgIpc) is 2.67. The van der Waals surface area contributed by atoms with Crippen molar-refractivity contribution < 1.29 is 0 Å². The molecular formula is C10H10N2S. The summed E-state index contributed by atoms with van der Waals surface area (Å²) in [5.74, 6) is 0. The highest BCUT2D eigenvalue weighted by atomic mass is 32.1. The Labute approximate surface area is 81.1 Å². The van der Waals surface area contributed by atoms with Gasteiger partial charge in [0, 0.05) is 28.7 Å². The minimum Gasteiger partial charge on any atom is -0.326 e. The van der Waals surface area contributed by atoms with E-state index >= 15 is 0 Å². The highest BCUT2D eigenvalue weighted by molar-refractivity contribution is 7.15. The van der Waals surface area contributed by atoms with E-state index < -0.39 is 0 Å². The minimum absolute atomic E-state index is 0.621. The maximum Gasteiger partial charge on any atom is 0.0347 e. The van der Waals surface area contributed by atoms with Crippen LogP contribution in [0.2, 0.25) is 0 Å². The smallest absolute Gasteiger partial charge is 0.0347 e. The molecule has 0 aliphatic rings. The van der Waals surface area contributed by atoms with Crippen LogP contribution in [0.5, 0.6) is 0 Å². The van der Waals surface area contributed by atoms with E-state index in [2.05, 4.69) is 17.1 Å². The Bertz CT molecular complexity index is 381. The highest BCUT2D eigenvalue weighted by Gasteiger charge is 2.00. The fraction of sp³-hybridized carbons (Fsp3) is 0.100. The van der Waals surface area contributed by atoms with E-state index in [1.807, 2.05) is 12.1 Å². The second-order valence-electron chi connectivity index (χ2n) is 2.71. The van der Waals surface area contributed by atoms with Gasteiger partial charge in [-0.25, -0.2) is 0 Å². The van der Waals surface area contributed by atoms with Gasteiger partial charge in [-0.2, -0.15) is 0 Å². The first-order valence-electron chi connectivity index (χ1n) is 4.09. The summed E-state index contributed by atoms with van der Waals surface area (Å²) in [4.78, 5) is 6.45. The van der Waals surface area contributed by atoms with Gasteiger partial charge < -0.3 is 5.73 Å². The van der Waals surface area contributed by atoms with Gasteiger partial charge in [-0.3, -0.25) is 4.98 Å². The molecule has 0 amide bonds. The molecule has 2 heterocycles. The van der Waals surface area contributed by atoms with Gasteiger partial charge in [0.25, 0.3) is 0 Å². The van der Waals surface area contributed by atoms with Crippen LogP contribution in [-0.2, 0) is 6.54 Å². The lowest BCUT2D eigenvalue weighted by Gasteiger charge is -1.93. The molecular weight excluding hydrogens is 180 g/mol. The minimum atomic E-state index is 0.621.